The van der Waals surface area contributed by atoms with Gasteiger partial charge in [0.1, 0.15) is 0 Å². The van der Waals surface area contributed by atoms with Crippen LogP contribution < -0.4 is 0 Å². The zero-order chi connectivity index (χ0) is 10.1. The second-order valence-electron chi connectivity index (χ2n) is 2.88. The van der Waals surface area contributed by atoms with Gasteiger partial charge in [-0.15, -0.1) is 0 Å². The number of aromatic amines is 1. The zero-order valence-corrected chi connectivity index (χ0v) is 8.66. The summed E-state index contributed by atoms with van der Waals surface area (Å²) >= 11 is -1.11. The molecule has 0 fully saturated rings. The summed E-state index contributed by atoms with van der Waals surface area (Å²) in [7, 11) is 0. The van der Waals surface area contributed by atoms with Gasteiger partial charge < -0.3 is 9.54 Å². The minimum absolute atomic E-state index is 0.0210. The lowest BCUT2D eigenvalue weighted by Gasteiger charge is -2.04. The Kier molecular flexibility index (Phi) is 2.76. The highest BCUT2D eigenvalue weighted by Gasteiger charge is 2.20. The Morgan fingerprint density at radius 2 is 2.50 bits per heavy atom. The Balaban J connectivity index is 2.14. The maximum atomic E-state index is 12.7. The molecular formula is C8H7FNO2S2-. The van der Waals surface area contributed by atoms with Gasteiger partial charge in [-0.3, -0.25) is 4.21 Å². The number of H-pyrrole nitrogens is 1. The molecule has 2 heterocycles. The molecule has 1 aromatic heterocycles. The molecule has 6 heteroatoms. The van der Waals surface area contributed by atoms with Crippen LogP contribution in [0.15, 0.2) is 28.4 Å². The summed E-state index contributed by atoms with van der Waals surface area (Å²) in [5, 5.41) is -0.221. The lowest BCUT2D eigenvalue weighted by atomic mass is 10.2. The first kappa shape index (κ1) is 9.95. The van der Waals surface area contributed by atoms with Crippen LogP contribution in [0, 0.1) is 0 Å². The van der Waals surface area contributed by atoms with Crippen molar-refractivity contribution in [3.05, 3.63) is 29.2 Å². The molecule has 1 aromatic rings. The van der Waals surface area contributed by atoms with E-state index in [2.05, 4.69) is 4.98 Å². The molecule has 0 saturated carbocycles. The number of allylic oxidation sites excluding steroid dienone is 1. The molecule has 0 aliphatic carbocycles. The van der Waals surface area contributed by atoms with Crippen LogP contribution >= 0.6 is 11.8 Å². The predicted octanol–water partition coefficient (Wildman–Crippen LogP) is 2.24. The molecule has 0 aromatic carbocycles. The van der Waals surface area contributed by atoms with Gasteiger partial charge in [-0.05, 0) is 29.6 Å². The van der Waals surface area contributed by atoms with E-state index in [4.69, 9.17) is 0 Å². The fourth-order valence-corrected chi connectivity index (χ4v) is 2.59. The van der Waals surface area contributed by atoms with Crippen LogP contribution in [0.5, 0.6) is 0 Å². The molecule has 0 saturated heterocycles. The first-order valence-electron chi connectivity index (χ1n) is 3.96. The maximum Gasteiger partial charge on any atom is 0.153 e. The Morgan fingerprint density at radius 3 is 3.00 bits per heavy atom. The molecule has 1 aliphatic heterocycles. The quantitative estimate of drug-likeness (QED) is 0.795. The number of hydrogen-bond acceptors (Lipinski definition) is 3. The minimum Gasteiger partial charge on any atom is -0.768 e. The molecule has 0 radical (unpaired) electrons. The Labute approximate surface area is 87.1 Å². The van der Waals surface area contributed by atoms with Crippen molar-refractivity contribution in [1.82, 2.24) is 4.98 Å². The van der Waals surface area contributed by atoms with Crippen molar-refractivity contribution in [3.63, 3.8) is 0 Å². The lowest BCUT2D eigenvalue weighted by molar-refractivity contribution is 0.537. The van der Waals surface area contributed by atoms with Gasteiger partial charge in [0.05, 0.1) is 5.25 Å². The normalized spacial score (nSPS) is 23.6. The maximum absolute atomic E-state index is 12.7. The molecule has 3 nitrogen and oxygen atoms in total. The van der Waals surface area contributed by atoms with E-state index in [-0.39, 0.29) is 15.3 Å². The third kappa shape index (κ3) is 1.92. The first-order valence-corrected chi connectivity index (χ1v) is 5.92. The van der Waals surface area contributed by atoms with Crippen LogP contribution in [0.1, 0.15) is 17.4 Å². The Hall–Kier alpha value is -0.590. The van der Waals surface area contributed by atoms with E-state index >= 15 is 0 Å². The molecular weight excluding hydrogens is 225 g/mol. The van der Waals surface area contributed by atoms with Crippen LogP contribution in [-0.4, -0.2) is 13.7 Å². The number of rotatable bonds is 2. The van der Waals surface area contributed by atoms with E-state index in [0.717, 1.165) is 17.5 Å². The number of hydrogen-bond donors (Lipinski definition) is 1. The largest absolute Gasteiger partial charge is 0.768 e. The van der Waals surface area contributed by atoms with Gasteiger partial charge in [-0.25, -0.2) is 0 Å². The third-order valence-corrected chi connectivity index (χ3v) is 3.71. The van der Waals surface area contributed by atoms with Crippen LogP contribution in [0.3, 0.4) is 0 Å². The smallest absolute Gasteiger partial charge is 0.153 e. The van der Waals surface area contributed by atoms with Crippen molar-refractivity contribution in [2.45, 2.75) is 16.6 Å². The molecule has 14 heavy (non-hydrogen) atoms. The summed E-state index contributed by atoms with van der Waals surface area (Å²) in [6, 6.07) is 1.53. The Bertz CT molecular complexity index is 402. The van der Waals surface area contributed by atoms with Crippen molar-refractivity contribution in [1.29, 1.82) is 0 Å². The van der Waals surface area contributed by atoms with Gasteiger partial charge >= 0.3 is 0 Å². The summed E-state index contributed by atoms with van der Waals surface area (Å²) in [5.41, 5.74) is 0.748. The van der Waals surface area contributed by atoms with Crippen molar-refractivity contribution in [2.75, 3.05) is 0 Å². The van der Waals surface area contributed by atoms with Gasteiger partial charge in [-0.2, -0.15) is 4.39 Å². The van der Waals surface area contributed by atoms with Crippen LogP contribution in [0.2, 0.25) is 0 Å². The minimum atomic E-state index is -2.22. The van der Waals surface area contributed by atoms with Crippen molar-refractivity contribution in [3.8, 4) is 0 Å². The van der Waals surface area contributed by atoms with Gasteiger partial charge in [0.25, 0.3) is 0 Å². The second kappa shape index (κ2) is 3.88. The standard InChI is InChI=1S/C8H8FNO2S2/c9-8-2-1-7(13-8)6-3-5(4-10-6)14(11)12/h2-4,7,10H,1H2,(H,11,12)/p-1. The van der Waals surface area contributed by atoms with Gasteiger partial charge in [0.15, 0.2) is 5.16 Å². The average molecular weight is 232 g/mol. The van der Waals surface area contributed by atoms with Crippen LogP contribution in [0.25, 0.3) is 0 Å². The summed E-state index contributed by atoms with van der Waals surface area (Å²) in [5.74, 6) is 0. The van der Waals surface area contributed by atoms with E-state index in [1.54, 1.807) is 0 Å². The van der Waals surface area contributed by atoms with Crippen LogP contribution in [-0.2, 0) is 11.1 Å². The summed E-state index contributed by atoms with van der Waals surface area (Å²) in [6.07, 6.45) is 3.52. The van der Waals surface area contributed by atoms with Crippen molar-refractivity contribution >= 4 is 22.8 Å². The van der Waals surface area contributed by atoms with Crippen LogP contribution in [0.4, 0.5) is 4.39 Å². The Morgan fingerprint density at radius 1 is 1.71 bits per heavy atom. The SMILES string of the molecule is O=S([O-])c1c[nH]c(C2CC=C(F)S2)c1. The van der Waals surface area contributed by atoms with Crippen molar-refractivity contribution in [2.24, 2.45) is 0 Å². The summed E-state index contributed by atoms with van der Waals surface area (Å²) in [6.45, 7) is 0. The number of aromatic nitrogens is 1. The molecule has 1 aliphatic rings. The van der Waals surface area contributed by atoms with Crippen molar-refractivity contribution < 1.29 is 13.2 Å². The molecule has 2 rings (SSSR count). The topological polar surface area (TPSA) is 55.9 Å². The zero-order valence-electron chi connectivity index (χ0n) is 7.03. The molecule has 76 valence electrons. The van der Waals surface area contributed by atoms with Gasteiger partial charge in [-0.1, -0.05) is 11.8 Å². The molecule has 0 spiro atoms. The predicted molar refractivity (Wildman–Crippen MR) is 52.1 cm³/mol. The van der Waals surface area contributed by atoms with E-state index in [1.807, 2.05) is 0 Å². The van der Waals surface area contributed by atoms with E-state index in [0.29, 0.717) is 6.42 Å². The molecule has 2 unspecified atom stereocenters. The molecule has 2 atom stereocenters. The molecule has 0 amide bonds. The fourth-order valence-electron chi connectivity index (χ4n) is 1.30. The molecule has 0 bridgehead atoms. The van der Waals surface area contributed by atoms with Gasteiger partial charge in [0.2, 0.25) is 0 Å². The highest BCUT2D eigenvalue weighted by Crippen LogP contribution is 2.43. The number of halogens is 1. The first-order chi connectivity index (χ1) is 6.66. The van der Waals surface area contributed by atoms with Gasteiger partial charge in [0, 0.05) is 16.8 Å². The van der Waals surface area contributed by atoms with E-state index in [1.165, 1.54) is 18.3 Å². The lowest BCUT2D eigenvalue weighted by Crippen LogP contribution is -1.88. The van der Waals surface area contributed by atoms with E-state index in [9.17, 15) is 13.2 Å². The highest BCUT2D eigenvalue weighted by atomic mass is 32.2. The molecule has 1 N–H and O–H groups in total. The highest BCUT2D eigenvalue weighted by molar-refractivity contribution is 8.03. The number of nitrogens with one attached hydrogen (secondary N) is 1. The average Bonchev–Trinajstić information content (AvgIpc) is 2.70. The summed E-state index contributed by atoms with van der Waals surface area (Å²) in [4.78, 5) is 3.05. The monoisotopic (exact) mass is 232 g/mol. The third-order valence-electron chi connectivity index (χ3n) is 1.97. The fraction of sp³-hybridized carbons (Fsp3) is 0.250. The summed E-state index contributed by atoms with van der Waals surface area (Å²) < 4.78 is 33.9. The number of thioether (sulfide) groups is 1. The van der Waals surface area contributed by atoms with E-state index < -0.39 is 11.1 Å². The second-order valence-corrected chi connectivity index (χ2v) is 5.01.